The van der Waals surface area contributed by atoms with Gasteiger partial charge in [0.1, 0.15) is 5.25 Å². The van der Waals surface area contributed by atoms with Crippen LogP contribution in [-0.2, 0) is 16.1 Å². The molecule has 152 valence electrons. The summed E-state index contributed by atoms with van der Waals surface area (Å²) in [6.07, 6.45) is 1.42. The van der Waals surface area contributed by atoms with Crippen molar-refractivity contribution in [3.05, 3.63) is 66.2 Å². The van der Waals surface area contributed by atoms with Crippen molar-refractivity contribution in [1.82, 2.24) is 10.2 Å². The van der Waals surface area contributed by atoms with Gasteiger partial charge in [-0.2, -0.15) is 0 Å². The summed E-state index contributed by atoms with van der Waals surface area (Å²) in [6.45, 7) is 1.02. The van der Waals surface area contributed by atoms with Crippen molar-refractivity contribution >= 4 is 34.4 Å². The van der Waals surface area contributed by atoms with Crippen LogP contribution < -0.4 is 5.32 Å². The van der Waals surface area contributed by atoms with Crippen molar-refractivity contribution < 1.29 is 14.7 Å². The summed E-state index contributed by atoms with van der Waals surface area (Å²) in [6, 6.07) is 19.1. The molecule has 1 atom stereocenters. The number of amides is 2. The zero-order chi connectivity index (χ0) is 20.5. The van der Waals surface area contributed by atoms with Gasteiger partial charge in [0.25, 0.3) is 0 Å². The van der Waals surface area contributed by atoms with E-state index in [4.69, 9.17) is 5.11 Å². The number of carbonyl (C=O) groups is 2. The van der Waals surface area contributed by atoms with Crippen molar-refractivity contribution in [1.29, 1.82) is 0 Å². The van der Waals surface area contributed by atoms with E-state index in [0.29, 0.717) is 31.1 Å². The zero-order valence-corrected chi connectivity index (χ0v) is 17.0. The summed E-state index contributed by atoms with van der Waals surface area (Å²) in [7, 11) is 0. The lowest BCUT2D eigenvalue weighted by atomic mass is 10.2. The molecular weight excluding hydrogens is 386 g/mol. The Bertz CT molecular complexity index is 843. The Morgan fingerprint density at radius 3 is 2.45 bits per heavy atom. The molecule has 1 aliphatic heterocycles. The number of hydrogen-bond donors (Lipinski definition) is 2. The number of aliphatic hydroxyl groups excluding tert-OH is 1. The molecule has 0 radical (unpaired) electrons. The number of hydrogen-bond acceptors (Lipinski definition) is 5. The van der Waals surface area contributed by atoms with Crippen LogP contribution >= 0.6 is 11.8 Å². The molecule has 6 nitrogen and oxygen atoms in total. The molecule has 0 bridgehead atoms. The van der Waals surface area contributed by atoms with Crippen molar-refractivity contribution in [2.75, 3.05) is 13.2 Å². The number of nitrogens with one attached hydrogen (secondary N) is 1. The Balaban J connectivity index is 1.64. The molecule has 0 saturated carbocycles. The fourth-order valence-corrected chi connectivity index (χ4v) is 4.15. The molecule has 1 heterocycles. The van der Waals surface area contributed by atoms with Crippen LogP contribution in [-0.4, -0.2) is 45.4 Å². The van der Waals surface area contributed by atoms with Crippen LogP contribution in [0.15, 0.2) is 65.7 Å². The van der Waals surface area contributed by atoms with Gasteiger partial charge in [0.05, 0.1) is 5.69 Å². The van der Waals surface area contributed by atoms with Gasteiger partial charge in [0.15, 0.2) is 5.17 Å². The van der Waals surface area contributed by atoms with Crippen LogP contribution in [0.5, 0.6) is 0 Å². The summed E-state index contributed by atoms with van der Waals surface area (Å²) >= 11 is 1.33. The minimum absolute atomic E-state index is 0.0889. The molecule has 1 fully saturated rings. The second-order valence-corrected chi connectivity index (χ2v) is 7.89. The van der Waals surface area contributed by atoms with Gasteiger partial charge in [0, 0.05) is 26.1 Å². The summed E-state index contributed by atoms with van der Waals surface area (Å²) in [5.74, 6) is -0.256. The molecule has 2 amide bonds. The maximum absolute atomic E-state index is 12.9. The number of amidine groups is 1. The number of aliphatic imine (C=N–C) groups is 1. The standard InChI is InChI=1S/C22H25N3O3S/c26-14-8-7-13-25-21(28)19(29-22(25)24-18-11-5-2-6-12-18)15-20(27)23-16-17-9-3-1-4-10-17/h1-6,9-12,19,26H,7-8,13-16H2,(H,23,27)/t19-/m1/s1. The summed E-state index contributed by atoms with van der Waals surface area (Å²) < 4.78 is 0. The van der Waals surface area contributed by atoms with Gasteiger partial charge >= 0.3 is 0 Å². The number of rotatable bonds is 9. The molecule has 0 aromatic heterocycles. The van der Waals surface area contributed by atoms with E-state index in [1.165, 1.54) is 11.8 Å². The van der Waals surface area contributed by atoms with E-state index in [-0.39, 0.29) is 24.8 Å². The summed E-state index contributed by atoms with van der Waals surface area (Å²) in [4.78, 5) is 31.5. The first-order valence-corrected chi connectivity index (χ1v) is 10.6. The van der Waals surface area contributed by atoms with E-state index < -0.39 is 5.25 Å². The average Bonchev–Trinajstić information content (AvgIpc) is 3.02. The average molecular weight is 412 g/mol. The minimum Gasteiger partial charge on any atom is -0.396 e. The van der Waals surface area contributed by atoms with Gasteiger partial charge < -0.3 is 10.4 Å². The molecule has 29 heavy (non-hydrogen) atoms. The maximum atomic E-state index is 12.9. The monoisotopic (exact) mass is 411 g/mol. The number of para-hydroxylation sites is 1. The fraction of sp³-hybridized carbons (Fsp3) is 0.318. The lowest BCUT2D eigenvalue weighted by Gasteiger charge is -2.16. The third kappa shape index (κ3) is 6.17. The van der Waals surface area contributed by atoms with E-state index in [1.807, 2.05) is 60.7 Å². The Morgan fingerprint density at radius 1 is 1.07 bits per heavy atom. The van der Waals surface area contributed by atoms with E-state index in [1.54, 1.807) is 4.90 Å². The Morgan fingerprint density at radius 2 is 1.76 bits per heavy atom. The van der Waals surface area contributed by atoms with Crippen LogP contribution in [0.1, 0.15) is 24.8 Å². The van der Waals surface area contributed by atoms with Crippen molar-refractivity contribution in [2.45, 2.75) is 31.1 Å². The molecule has 2 N–H and O–H groups in total. The highest BCUT2D eigenvalue weighted by molar-refractivity contribution is 8.15. The smallest absolute Gasteiger partial charge is 0.242 e. The predicted octanol–water partition coefficient (Wildman–Crippen LogP) is 3.10. The maximum Gasteiger partial charge on any atom is 0.242 e. The molecular formula is C22H25N3O3S. The molecule has 2 aromatic carbocycles. The van der Waals surface area contributed by atoms with Crippen molar-refractivity contribution in [2.24, 2.45) is 4.99 Å². The van der Waals surface area contributed by atoms with Gasteiger partial charge in [0.2, 0.25) is 11.8 Å². The zero-order valence-electron chi connectivity index (χ0n) is 16.2. The van der Waals surface area contributed by atoms with Crippen molar-refractivity contribution in [3.8, 4) is 0 Å². The van der Waals surface area contributed by atoms with E-state index >= 15 is 0 Å². The first kappa shape index (κ1) is 21.1. The molecule has 1 saturated heterocycles. The number of aliphatic hydroxyl groups is 1. The van der Waals surface area contributed by atoms with Gasteiger partial charge in [-0.15, -0.1) is 0 Å². The molecule has 2 aromatic rings. The molecule has 1 aliphatic rings. The fourth-order valence-electron chi connectivity index (χ4n) is 2.96. The summed E-state index contributed by atoms with van der Waals surface area (Å²) in [5.41, 5.74) is 1.78. The number of carbonyl (C=O) groups excluding carboxylic acids is 2. The van der Waals surface area contributed by atoms with Crippen molar-refractivity contribution in [3.63, 3.8) is 0 Å². The number of unbranched alkanes of at least 4 members (excludes halogenated alkanes) is 1. The second-order valence-electron chi connectivity index (χ2n) is 6.72. The van der Waals surface area contributed by atoms with Crippen LogP contribution in [0, 0.1) is 0 Å². The minimum atomic E-state index is -0.484. The molecule has 7 heteroatoms. The van der Waals surface area contributed by atoms with Gasteiger partial charge in [-0.1, -0.05) is 60.3 Å². The van der Waals surface area contributed by atoms with Gasteiger partial charge in [-0.3, -0.25) is 14.5 Å². The second kappa shape index (κ2) is 10.8. The third-order valence-corrected chi connectivity index (χ3v) is 5.67. The highest BCUT2D eigenvalue weighted by Gasteiger charge is 2.38. The topological polar surface area (TPSA) is 82.0 Å². The Hall–Kier alpha value is -2.64. The normalized spacial score (nSPS) is 17.7. The van der Waals surface area contributed by atoms with Gasteiger partial charge in [-0.25, -0.2) is 4.99 Å². The van der Waals surface area contributed by atoms with E-state index in [2.05, 4.69) is 10.3 Å². The Kier molecular flexibility index (Phi) is 7.84. The highest BCUT2D eigenvalue weighted by Crippen LogP contribution is 2.31. The van der Waals surface area contributed by atoms with Crippen LogP contribution in [0.25, 0.3) is 0 Å². The predicted molar refractivity (Wildman–Crippen MR) is 116 cm³/mol. The number of nitrogens with zero attached hydrogens (tertiary/aromatic N) is 2. The largest absolute Gasteiger partial charge is 0.396 e. The number of thioether (sulfide) groups is 1. The first-order valence-electron chi connectivity index (χ1n) is 9.70. The van der Waals surface area contributed by atoms with E-state index in [0.717, 1.165) is 11.3 Å². The molecule has 3 rings (SSSR count). The molecule has 0 aliphatic carbocycles. The quantitative estimate of drug-likeness (QED) is 0.621. The molecule has 0 spiro atoms. The Labute approximate surface area is 175 Å². The van der Waals surface area contributed by atoms with E-state index in [9.17, 15) is 9.59 Å². The van der Waals surface area contributed by atoms with Gasteiger partial charge in [-0.05, 0) is 30.5 Å². The summed E-state index contributed by atoms with van der Waals surface area (Å²) in [5, 5.41) is 12.0. The molecule has 0 unspecified atom stereocenters. The third-order valence-electron chi connectivity index (χ3n) is 4.49. The lowest BCUT2D eigenvalue weighted by Crippen LogP contribution is -2.35. The van der Waals surface area contributed by atoms with Crippen LogP contribution in [0.3, 0.4) is 0 Å². The van der Waals surface area contributed by atoms with Crippen LogP contribution in [0.4, 0.5) is 5.69 Å². The van der Waals surface area contributed by atoms with Crippen LogP contribution in [0.2, 0.25) is 0 Å². The SMILES string of the molecule is O=C(C[C@H]1SC(=Nc2ccccc2)N(CCCCO)C1=O)NCc1ccccc1. The first-order chi connectivity index (χ1) is 14.2. The lowest BCUT2D eigenvalue weighted by molar-refractivity contribution is -0.129. The number of benzene rings is 2. The highest BCUT2D eigenvalue weighted by atomic mass is 32.2.